The molecule has 0 saturated heterocycles. The third-order valence-corrected chi connectivity index (χ3v) is 3.35. The van der Waals surface area contributed by atoms with E-state index < -0.39 is 23.4 Å². The van der Waals surface area contributed by atoms with Crippen LogP contribution in [0.4, 0.5) is 18.9 Å². The highest BCUT2D eigenvalue weighted by molar-refractivity contribution is 6.52. The number of rotatable bonds is 4. The van der Waals surface area contributed by atoms with Gasteiger partial charge in [-0.1, -0.05) is 6.92 Å². The molecule has 0 aromatic heterocycles. The Hall–Kier alpha value is -1.89. The van der Waals surface area contributed by atoms with Crippen molar-refractivity contribution < 1.29 is 22.8 Å². The second kappa shape index (κ2) is 5.48. The van der Waals surface area contributed by atoms with E-state index >= 15 is 0 Å². The Balaban J connectivity index is 2.35. The Kier molecular flexibility index (Phi) is 4.04. The van der Waals surface area contributed by atoms with Gasteiger partial charge in [-0.2, -0.15) is 13.2 Å². The van der Waals surface area contributed by atoms with E-state index in [0.717, 1.165) is 12.1 Å². The number of Topliss-reactive ketones (excluding diaryl/α,β-unsaturated/α-hetero) is 1. The predicted molar refractivity (Wildman–Crippen MR) is 71.2 cm³/mol. The SMILES string of the molecule is CNCC(C)CN1C(=O)C(=O)c2cc(C(F)(F)F)ccc21. The van der Waals surface area contributed by atoms with Crippen molar-refractivity contribution in [1.29, 1.82) is 0 Å². The molecule has 1 aliphatic rings. The molecule has 0 saturated carbocycles. The number of nitrogens with zero attached hydrogens (tertiary/aromatic N) is 1. The second-order valence-corrected chi connectivity index (χ2v) is 5.14. The number of hydrogen-bond donors (Lipinski definition) is 1. The molecular weight excluding hydrogens is 285 g/mol. The van der Waals surface area contributed by atoms with Crippen molar-refractivity contribution in [2.24, 2.45) is 5.92 Å². The van der Waals surface area contributed by atoms with Gasteiger partial charge >= 0.3 is 6.18 Å². The van der Waals surface area contributed by atoms with Crippen LogP contribution in [0.5, 0.6) is 0 Å². The second-order valence-electron chi connectivity index (χ2n) is 5.14. The maximum atomic E-state index is 12.7. The number of ketones is 1. The number of carbonyl (C=O) groups excluding carboxylic acids is 2. The Bertz CT molecular complexity index is 584. The molecule has 1 amide bonds. The largest absolute Gasteiger partial charge is 0.416 e. The topological polar surface area (TPSA) is 49.4 Å². The summed E-state index contributed by atoms with van der Waals surface area (Å²) in [6.45, 7) is 2.80. The molecule has 1 atom stereocenters. The quantitative estimate of drug-likeness (QED) is 0.866. The van der Waals surface area contributed by atoms with Crippen LogP contribution in [-0.2, 0) is 11.0 Å². The van der Waals surface area contributed by atoms with E-state index in [2.05, 4.69) is 5.32 Å². The minimum atomic E-state index is -4.54. The van der Waals surface area contributed by atoms with Crippen molar-refractivity contribution in [3.63, 3.8) is 0 Å². The normalized spacial score (nSPS) is 16.3. The van der Waals surface area contributed by atoms with Gasteiger partial charge in [0.15, 0.2) is 0 Å². The van der Waals surface area contributed by atoms with Gasteiger partial charge in [0.25, 0.3) is 11.7 Å². The molecule has 0 aliphatic carbocycles. The van der Waals surface area contributed by atoms with Gasteiger partial charge in [0.2, 0.25) is 0 Å². The molecule has 0 radical (unpaired) electrons. The van der Waals surface area contributed by atoms with Crippen molar-refractivity contribution in [3.05, 3.63) is 29.3 Å². The summed E-state index contributed by atoms with van der Waals surface area (Å²) in [5, 5.41) is 2.95. The molecule has 1 aliphatic heterocycles. The number of nitrogens with one attached hydrogen (secondary N) is 1. The van der Waals surface area contributed by atoms with Crippen LogP contribution in [0.15, 0.2) is 18.2 Å². The molecular formula is C14H15F3N2O2. The van der Waals surface area contributed by atoms with Crippen LogP contribution in [0.3, 0.4) is 0 Å². The molecule has 1 heterocycles. The van der Waals surface area contributed by atoms with Crippen LogP contribution in [0, 0.1) is 5.92 Å². The van der Waals surface area contributed by atoms with Crippen LogP contribution in [0.1, 0.15) is 22.8 Å². The first-order valence-electron chi connectivity index (χ1n) is 6.47. The molecule has 21 heavy (non-hydrogen) atoms. The van der Waals surface area contributed by atoms with E-state index in [1.54, 1.807) is 7.05 Å². The smallest absolute Gasteiger partial charge is 0.319 e. The Morgan fingerprint density at radius 1 is 1.29 bits per heavy atom. The summed E-state index contributed by atoms with van der Waals surface area (Å²) in [6, 6.07) is 2.83. The van der Waals surface area contributed by atoms with Gasteiger partial charge in [-0.15, -0.1) is 0 Å². The van der Waals surface area contributed by atoms with Crippen LogP contribution >= 0.6 is 0 Å². The van der Waals surface area contributed by atoms with E-state index in [-0.39, 0.29) is 23.7 Å². The number of carbonyl (C=O) groups is 2. The zero-order valence-corrected chi connectivity index (χ0v) is 11.6. The molecule has 114 valence electrons. The summed E-state index contributed by atoms with van der Waals surface area (Å²) in [5.74, 6) is -1.58. The third-order valence-electron chi connectivity index (χ3n) is 3.35. The number of anilines is 1. The Morgan fingerprint density at radius 3 is 2.52 bits per heavy atom. The minimum Gasteiger partial charge on any atom is -0.319 e. The van der Waals surface area contributed by atoms with Crippen LogP contribution < -0.4 is 10.2 Å². The summed E-state index contributed by atoms with van der Waals surface area (Å²) < 4.78 is 38.0. The van der Waals surface area contributed by atoms with Gasteiger partial charge in [0.1, 0.15) is 0 Å². The Labute approximate surface area is 119 Å². The van der Waals surface area contributed by atoms with Gasteiger partial charge in [0, 0.05) is 6.54 Å². The Morgan fingerprint density at radius 2 is 1.95 bits per heavy atom. The molecule has 2 rings (SSSR count). The van der Waals surface area contributed by atoms with Crippen molar-refractivity contribution in [2.75, 3.05) is 25.0 Å². The molecule has 1 aromatic rings. The zero-order valence-electron chi connectivity index (χ0n) is 11.6. The van der Waals surface area contributed by atoms with E-state index in [0.29, 0.717) is 6.54 Å². The van der Waals surface area contributed by atoms with Gasteiger partial charge in [-0.05, 0) is 37.7 Å². The van der Waals surface area contributed by atoms with Gasteiger partial charge in [0.05, 0.1) is 16.8 Å². The predicted octanol–water partition coefficient (Wildman–Crippen LogP) is 2.09. The molecule has 0 bridgehead atoms. The number of amides is 1. The number of fused-ring (bicyclic) bond motifs is 1. The average molecular weight is 300 g/mol. The lowest BCUT2D eigenvalue weighted by Crippen LogP contribution is -2.36. The molecule has 1 aromatic carbocycles. The standard InChI is InChI=1S/C14H15F3N2O2/c1-8(6-18-2)7-19-11-4-3-9(14(15,16)17)5-10(11)12(20)13(19)21/h3-5,8,18H,6-7H2,1-2H3. The summed E-state index contributed by atoms with van der Waals surface area (Å²) in [7, 11) is 1.76. The first-order valence-corrected chi connectivity index (χ1v) is 6.47. The fourth-order valence-electron chi connectivity index (χ4n) is 2.38. The molecule has 4 nitrogen and oxygen atoms in total. The van der Waals surface area contributed by atoms with E-state index in [1.165, 1.54) is 11.0 Å². The van der Waals surface area contributed by atoms with Crippen molar-refractivity contribution >= 4 is 17.4 Å². The summed E-state index contributed by atoms with van der Waals surface area (Å²) in [5.41, 5.74) is -0.847. The van der Waals surface area contributed by atoms with Crippen LogP contribution in [0.25, 0.3) is 0 Å². The summed E-state index contributed by atoms with van der Waals surface area (Å²) >= 11 is 0. The lowest BCUT2D eigenvalue weighted by Gasteiger charge is -2.21. The van der Waals surface area contributed by atoms with Gasteiger partial charge in [-0.3, -0.25) is 9.59 Å². The molecule has 1 unspecified atom stereocenters. The maximum Gasteiger partial charge on any atom is 0.416 e. The van der Waals surface area contributed by atoms with Crippen molar-refractivity contribution in [1.82, 2.24) is 5.32 Å². The van der Waals surface area contributed by atoms with E-state index in [9.17, 15) is 22.8 Å². The highest BCUT2D eigenvalue weighted by Crippen LogP contribution is 2.36. The van der Waals surface area contributed by atoms with Gasteiger partial charge in [-0.25, -0.2) is 0 Å². The summed E-state index contributed by atoms with van der Waals surface area (Å²) in [6.07, 6.45) is -4.54. The zero-order chi connectivity index (χ0) is 15.8. The number of hydrogen-bond acceptors (Lipinski definition) is 3. The summed E-state index contributed by atoms with van der Waals surface area (Å²) in [4.78, 5) is 25.0. The van der Waals surface area contributed by atoms with E-state index in [4.69, 9.17) is 0 Å². The fraction of sp³-hybridized carbons (Fsp3) is 0.429. The van der Waals surface area contributed by atoms with Gasteiger partial charge < -0.3 is 10.2 Å². The number of benzene rings is 1. The molecule has 0 spiro atoms. The first-order chi connectivity index (χ1) is 9.75. The fourth-order valence-corrected chi connectivity index (χ4v) is 2.38. The number of alkyl halides is 3. The van der Waals surface area contributed by atoms with Crippen molar-refractivity contribution in [3.8, 4) is 0 Å². The lowest BCUT2D eigenvalue weighted by molar-refractivity contribution is -0.137. The monoisotopic (exact) mass is 300 g/mol. The van der Waals surface area contributed by atoms with Crippen LogP contribution in [0.2, 0.25) is 0 Å². The highest BCUT2D eigenvalue weighted by Gasteiger charge is 2.39. The van der Waals surface area contributed by atoms with Crippen molar-refractivity contribution in [2.45, 2.75) is 13.1 Å². The molecule has 1 N–H and O–H groups in total. The highest BCUT2D eigenvalue weighted by atomic mass is 19.4. The lowest BCUT2D eigenvalue weighted by atomic mass is 10.1. The maximum absolute atomic E-state index is 12.7. The first kappa shape index (κ1) is 15.5. The average Bonchev–Trinajstić information content (AvgIpc) is 2.63. The minimum absolute atomic E-state index is 0.0694. The number of halogens is 3. The molecule has 0 fully saturated rings. The molecule has 7 heteroatoms. The van der Waals surface area contributed by atoms with Crippen LogP contribution in [-0.4, -0.2) is 31.8 Å². The third kappa shape index (κ3) is 2.92. The van der Waals surface area contributed by atoms with E-state index in [1.807, 2.05) is 6.92 Å².